The summed E-state index contributed by atoms with van der Waals surface area (Å²) in [5, 5.41) is 10.0. The van der Waals surface area contributed by atoms with Crippen LogP contribution in [0, 0.1) is 0 Å². The summed E-state index contributed by atoms with van der Waals surface area (Å²) in [5.74, 6) is -0.440. The van der Waals surface area contributed by atoms with Crippen molar-refractivity contribution in [2.75, 3.05) is 6.54 Å². The van der Waals surface area contributed by atoms with Crippen LogP contribution in [0.5, 0.6) is 5.75 Å². The second kappa shape index (κ2) is 6.15. The molecule has 5 nitrogen and oxygen atoms in total. The molecule has 2 rings (SSSR count). The lowest BCUT2D eigenvalue weighted by molar-refractivity contribution is -0.145. The largest absolute Gasteiger partial charge is 0.479 e. The normalized spacial score (nSPS) is 12.3. The van der Waals surface area contributed by atoms with Gasteiger partial charge in [-0.05, 0) is 43.7 Å². The Kier molecular flexibility index (Phi) is 4.30. The lowest BCUT2D eigenvalue weighted by Crippen LogP contribution is -2.27. The summed E-state index contributed by atoms with van der Waals surface area (Å²) in [6.45, 7) is 0.453. The van der Waals surface area contributed by atoms with Gasteiger partial charge in [-0.2, -0.15) is 0 Å². The van der Waals surface area contributed by atoms with Crippen molar-refractivity contribution in [2.45, 2.75) is 18.9 Å². The highest BCUT2D eigenvalue weighted by atomic mass is 16.5. The van der Waals surface area contributed by atoms with Crippen LogP contribution in [-0.2, 0) is 4.79 Å². The highest BCUT2D eigenvalue weighted by molar-refractivity contribution is 5.80. The van der Waals surface area contributed by atoms with E-state index in [0.29, 0.717) is 25.1 Å². The summed E-state index contributed by atoms with van der Waals surface area (Å²) in [7, 11) is 0. The molecular formula is C14H16N2O3. The van der Waals surface area contributed by atoms with Crippen LogP contribution in [0.15, 0.2) is 36.5 Å². The summed E-state index contributed by atoms with van der Waals surface area (Å²) in [6, 6.07) is 9.07. The molecule has 0 fully saturated rings. The summed E-state index contributed by atoms with van der Waals surface area (Å²) < 4.78 is 5.50. The topological polar surface area (TPSA) is 85.4 Å². The molecule has 19 heavy (non-hydrogen) atoms. The quantitative estimate of drug-likeness (QED) is 0.827. The first kappa shape index (κ1) is 13.3. The van der Waals surface area contributed by atoms with E-state index < -0.39 is 12.1 Å². The number of carboxylic acid groups (broad SMARTS) is 1. The van der Waals surface area contributed by atoms with Gasteiger partial charge in [-0.15, -0.1) is 0 Å². The van der Waals surface area contributed by atoms with Crippen molar-refractivity contribution in [1.82, 2.24) is 4.98 Å². The molecule has 1 aromatic heterocycles. The fourth-order valence-electron chi connectivity index (χ4n) is 1.83. The van der Waals surface area contributed by atoms with Gasteiger partial charge in [0.05, 0.1) is 5.52 Å². The van der Waals surface area contributed by atoms with E-state index in [1.54, 1.807) is 18.3 Å². The van der Waals surface area contributed by atoms with Crippen molar-refractivity contribution in [1.29, 1.82) is 0 Å². The van der Waals surface area contributed by atoms with Gasteiger partial charge >= 0.3 is 5.97 Å². The van der Waals surface area contributed by atoms with E-state index in [0.717, 1.165) is 10.9 Å². The first-order valence-corrected chi connectivity index (χ1v) is 6.15. The summed E-state index contributed by atoms with van der Waals surface area (Å²) in [5.41, 5.74) is 6.24. The fraction of sp³-hybridized carbons (Fsp3) is 0.286. The second-order valence-corrected chi connectivity index (χ2v) is 4.23. The Morgan fingerprint density at radius 3 is 3.00 bits per heavy atom. The lowest BCUT2D eigenvalue weighted by Gasteiger charge is -2.15. The first-order valence-electron chi connectivity index (χ1n) is 6.15. The van der Waals surface area contributed by atoms with Crippen molar-refractivity contribution in [3.05, 3.63) is 36.5 Å². The van der Waals surface area contributed by atoms with Crippen LogP contribution in [0.4, 0.5) is 0 Å². The molecule has 0 aliphatic heterocycles. The van der Waals surface area contributed by atoms with Gasteiger partial charge in [0.2, 0.25) is 0 Å². The minimum Gasteiger partial charge on any atom is -0.479 e. The molecule has 0 saturated heterocycles. The fourth-order valence-corrected chi connectivity index (χ4v) is 1.83. The number of nitrogens with zero attached hydrogens (tertiary/aromatic N) is 1. The molecule has 0 amide bonds. The highest BCUT2D eigenvalue weighted by Crippen LogP contribution is 2.20. The lowest BCUT2D eigenvalue weighted by atomic mass is 10.2. The standard InChI is InChI=1S/C14H16N2O3/c15-7-1-4-13(14(17)18)19-11-5-6-12-10(9-11)3-2-8-16-12/h2-3,5-6,8-9,13H,1,4,7,15H2,(H,17,18). The molecule has 1 unspecified atom stereocenters. The Labute approximate surface area is 111 Å². The smallest absolute Gasteiger partial charge is 0.344 e. The molecule has 0 bridgehead atoms. The summed E-state index contributed by atoms with van der Waals surface area (Å²) in [4.78, 5) is 15.3. The SMILES string of the molecule is NCCCC(Oc1ccc2ncccc2c1)C(=O)O. The van der Waals surface area contributed by atoms with E-state index in [2.05, 4.69) is 4.98 Å². The molecule has 1 atom stereocenters. The average molecular weight is 260 g/mol. The molecule has 3 N–H and O–H groups in total. The van der Waals surface area contributed by atoms with E-state index in [9.17, 15) is 4.79 Å². The maximum absolute atomic E-state index is 11.1. The molecule has 0 aliphatic carbocycles. The molecule has 5 heteroatoms. The third-order valence-electron chi connectivity index (χ3n) is 2.80. The van der Waals surface area contributed by atoms with Crippen LogP contribution in [0.3, 0.4) is 0 Å². The minimum absolute atomic E-state index is 0.400. The Balaban J connectivity index is 2.16. The van der Waals surface area contributed by atoms with Crippen molar-refractivity contribution >= 4 is 16.9 Å². The van der Waals surface area contributed by atoms with Gasteiger partial charge in [-0.25, -0.2) is 4.79 Å². The van der Waals surface area contributed by atoms with Crippen molar-refractivity contribution in [3.8, 4) is 5.75 Å². The maximum Gasteiger partial charge on any atom is 0.344 e. The number of nitrogens with two attached hydrogens (primary N) is 1. The van der Waals surface area contributed by atoms with E-state index in [4.69, 9.17) is 15.6 Å². The predicted octanol–water partition coefficient (Wildman–Crippen LogP) is 1.81. The molecular weight excluding hydrogens is 244 g/mol. The minimum atomic E-state index is -0.972. The Morgan fingerprint density at radius 2 is 2.26 bits per heavy atom. The zero-order chi connectivity index (χ0) is 13.7. The molecule has 0 radical (unpaired) electrons. The number of hydrogen-bond acceptors (Lipinski definition) is 4. The van der Waals surface area contributed by atoms with Crippen molar-refractivity contribution < 1.29 is 14.6 Å². The highest BCUT2D eigenvalue weighted by Gasteiger charge is 2.18. The number of pyridine rings is 1. The molecule has 0 spiro atoms. The predicted molar refractivity (Wildman–Crippen MR) is 72.1 cm³/mol. The molecule has 1 aromatic carbocycles. The molecule has 2 aromatic rings. The van der Waals surface area contributed by atoms with Crippen LogP contribution in [0.2, 0.25) is 0 Å². The monoisotopic (exact) mass is 260 g/mol. The zero-order valence-electron chi connectivity index (χ0n) is 10.5. The second-order valence-electron chi connectivity index (χ2n) is 4.23. The first-order chi connectivity index (χ1) is 9.20. The van der Waals surface area contributed by atoms with Crippen LogP contribution in [0.25, 0.3) is 10.9 Å². The van der Waals surface area contributed by atoms with Crippen LogP contribution in [-0.4, -0.2) is 28.7 Å². The molecule has 0 aliphatic rings. The van der Waals surface area contributed by atoms with E-state index in [1.165, 1.54) is 0 Å². The van der Waals surface area contributed by atoms with Crippen molar-refractivity contribution in [2.24, 2.45) is 5.73 Å². The number of hydrogen-bond donors (Lipinski definition) is 2. The molecule has 1 heterocycles. The number of benzene rings is 1. The van der Waals surface area contributed by atoms with Gasteiger partial charge in [0.1, 0.15) is 5.75 Å². The van der Waals surface area contributed by atoms with Gasteiger partial charge in [-0.3, -0.25) is 4.98 Å². The number of aliphatic carboxylic acids is 1. The number of fused-ring (bicyclic) bond motifs is 1. The van der Waals surface area contributed by atoms with Gasteiger partial charge in [0.25, 0.3) is 0 Å². The number of ether oxygens (including phenoxy) is 1. The number of rotatable bonds is 6. The van der Waals surface area contributed by atoms with E-state index in [-0.39, 0.29) is 0 Å². The van der Waals surface area contributed by atoms with Crippen molar-refractivity contribution in [3.63, 3.8) is 0 Å². The number of carboxylic acids is 1. The van der Waals surface area contributed by atoms with Gasteiger partial charge in [0.15, 0.2) is 6.10 Å². The van der Waals surface area contributed by atoms with E-state index >= 15 is 0 Å². The Morgan fingerprint density at radius 1 is 1.42 bits per heavy atom. The third-order valence-corrected chi connectivity index (χ3v) is 2.80. The summed E-state index contributed by atoms with van der Waals surface area (Å²) >= 11 is 0. The maximum atomic E-state index is 11.1. The van der Waals surface area contributed by atoms with Gasteiger partial charge in [-0.1, -0.05) is 6.07 Å². The van der Waals surface area contributed by atoms with Crippen LogP contribution < -0.4 is 10.5 Å². The third kappa shape index (κ3) is 3.42. The van der Waals surface area contributed by atoms with Gasteiger partial charge < -0.3 is 15.6 Å². The van der Waals surface area contributed by atoms with Crippen LogP contribution >= 0.6 is 0 Å². The van der Waals surface area contributed by atoms with Gasteiger partial charge in [0, 0.05) is 11.6 Å². The zero-order valence-corrected chi connectivity index (χ0v) is 10.5. The van der Waals surface area contributed by atoms with E-state index in [1.807, 2.05) is 18.2 Å². The molecule has 0 saturated carbocycles. The summed E-state index contributed by atoms with van der Waals surface area (Å²) in [6.07, 6.45) is 1.87. The average Bonchev–Trinajstić information content (AvgIpc) is 2.43. The van der Waals surface area contributed by atoms with Crippen LogP contribution in [0.1, 0.15) is 12.8 Å². The molecule has 100 valence electrons. The Bertz CT molecular complexity index is 571. The number of carbonyl (C=O) groups is 1. The number of aromatic nitrogens is 1. The Hall–Kier alpha value is -2.14.